The topological polar surface area (TPSA) is 57.0 Å². The first-order valence-electron chi connectivity index (χ1n) is 1.82. The Labute approximate surface area is 63.8 Å². The second-order valence-corrected chi connectivity index (χ2v) is 1.09. The maximum atomic E-state index is 2.12. The minimum Gasteiger partial charge on any atom is -2.00 e. The molecule has 42 valence electrons. The van der Waals surface area contributed by atoms with Crippen LogP contribution in [0, 0.1) is 0 Å². The van der Waals surface area contributed by atoms with E-state index in [2.05, 4.69) is 24.3 Å². The summed E-state index contributed by atoms with van der Waals surface area (Å²) < 4.78 is 0. The van der Waals surface area contributed by atoms with E-state index in [0.29, 0.717) is 0 Å². The van der Waals surface area contributed by atoms with E-state index in [1.54, 1.807) is 0 Å². The van der Waals surface area contributed by atoms with Crippen molar-refractivity contribution < 1.29 is 32.7 Å². The standard InChI is InChI=1S/C5H6.2O.Ti/c1-2-4-5-3-1;;;/h1-4H,5H2;;;/q;2*-2;+4. The van der Waals surface area contributed by atoms with E-state index in [4.69, 9.17) is 0 Å². The molecule has 0 spiro atoms. The largest absolute Gasteiger partial charge is 4.00 e. The summed E-state index contributed by atoms with van der Waals surface area (Å²) in [7, 11) is 0. The van der Waals surface area contributed by atoms with Crippen molar-refractivity contribution in [3.05, 3.63) is 24.3 Å². The molecule has 1 aliphatic carbocycles. The van der Waals surface area contributed by atoms with Gasteiger partial charge in [-0.25, -0.2) is 0 Å². The third kappa shape index (κ3) is 6.11. The molecular weight excluding hydrogens is 140 g/mol. The number of hydrogen-bond donors (Lipinski definition) is 0. The first-order chi connectivity index (χ1) is 2.50. The Balaban J connectivity index is -0.0000000833. The van der Waals surface area contributed by atoms with Gasteiger partial charge >= 0.3 is 21.7 Å². The van der Waals surface area contributed by atoms with E-state index in [1.165, 1.54) is 0 Å². The molecule has 0 radical (unpaired) electrons. The SMILES string of the molecule is C1=CCC=C1.[O-2].[O-2].[Ti+4]. The predicted octanol–water partition coefficient (Wildman–Crippen LogP) is 1.26. The molecule has 1 aliphatic rings. The van der Waals surface area contributed by atoms with Gasteiger partial charge in [0, 0.05) is 0 Å². The van der Waals surface area contributed by atoms with Crippen molar-refractivity contribution in [1.29, 1.82) is 0 Å². The van der Waals surface area contributed by atoms with Crippen LogP contribution >= 0.6 is 0 Å². The number of allylic oxidation sites excluding steroid dienone is 4. The second-order valence-electron chi connectivity index (χ2n) is 1.09. The van der Waals surface area contributed by atoms with Crippen LogP contribution in [-0.2, 0) is 32.7 Å². The monoisotopic (exact) mass is 146 g/mol. The van der Waals surface area contributed by atoms with Gasteiger partial charge in [-0.2, -0.15) is 0 Å². The van der Waals surface area contributed by atoms with Crippen molar-refractivity contribution >= 4 is 0 Å². The van der Waals surface area contributed by atoms with Crippen molar-refractivity contribution in [3.8, 4) is 0 Å². The summed E-state index contributed by atoms with van der Waals surface area (Å²) in [4.78, 5) is 0. The Bertz CT molecular complexity index is 68.5. The molecule has 0 aromatic carbocycles. The minimum absolute atomic E-state index is 0. The van der Waals surface area contributed by atoms with Gasteiger partial charge < -0.3 is 11.0 Å². The van der Waals surface area contributed by atoms with Crippen LogP contribution in [-0.4, -0.2) is 0 Å². The summed E-state index contributed by atoms with van der Waals surface area (Å²) in [5.74, 6) is 0. The zero-order valence-corrected chi connectivity index (χ0v) is 5.89. The Kier molecular flexibility index (Phi) is 20.0. The summed E-state index contributed by atoms with van der Waals surface area (Å²) in [6.45, 7) is 0. The summed E-state index contributed by atoms with van der Waals surface area (Å²) in [6.07, 6.45) is 9.50. The summed E-state index contributed by atoms with van der Waals surface area (Å²) in [5.41, 5.74) is 0. The van der Waals surface area contributed by atoms with Crippen molar-refractivity contribution in [2.45, 2.75) is 6.42 Å². The van der Waals surface area contributed by atoms with Crippen LogP contribution in [0.3, 0.4) is 0 Å². The third-order valence-corrected chi connectivity index (χ3v) is 0.655. The molecule has 0 aromatic rings. The van der Waals surface area contributed by atoms with E-state index < -0.39 is 0 Å². The maximum Gasteiger partial charge on any atom is 4.00 e. The molecule has 0 N–H and O–H groups in total. The number of hydrogen-bond acceptors (Lipinski definition) is 0. The normalized spacial score (nSPS) is 11.0. The minimum atomic E-state index is 0. The molecule has 8 heavy (non-hydrogen) atoms. The molecule has 0 fully saturated rings. The Morgan fingerprint density at radius 2 is 1.25 bits per heavy atom. The molecule has 0 saturated carbocycles. The molecule has 0 saturated heterocycles. The zero-order chi connectivity index (χ0) is 3.54. The third-order valence-electron chi connectivity index (χ3n) is 0.655. The van der Waals surface area contributed by atoms with Gasteiger partial charge in [0.2, 0.25) is 0 Å². The van der Waals surface area contributed by atoms with Gasteiger partial charge in [-0.1, -0.05) is 24.3 Å². The molecule has 0 bridgehead atoms. The van der Waals surface area contributed by atoms with Gasteiger partial charge in [0.1, 0.15) is 0 Å². The summed E-state index contributed by atoms with van der Waals surface area (Å²) in [5, 5.41) is 0. The van der Waals surface area contributed by atoms with E-state index in [0.717, 1.165) is 6.42 Å². The Hall–Kier alpha value is 0.114. The fourth-order valence-corrected chi connectivity index (χ4v) is 0.393. The molecule has 0 aromatic heterocycles. The van der Waals surface area contributed by atoms with Gasteiger partial charge in [0.05, 0.1) is 0 Å². The van der Waals surface area contributed by atoms with Crippen LogP contribution in [0.25, 0.3) is 0 Å². The van der Waals surface area contributed by atoms with Gasteiger partial charge in [-0.05, 0) is 6.42 Å². The van der Waals surface area contributed by atoms with Gasteiger partial charge in [-0.3, -0.25) is 0 Å². The van der Waals surface area contributed by atoms with E-state index in [9.17, 15) is 0 Å². The molecular formula is C5H6O2Ti. The van der Waals surface area contributed by atoms with Crippen molar-refractivity contribution in [2.24, 2.45) is 0 Å². The van der Waals surface area contributed by atoms with E-state index >= 15 is 0 Å². The first-order valence-corrected chi connectivity index (χ1v) is 1.82. The maximum absolute atomic E-state index is 2.12. The van der Waals surface area contributed by atoms with Crippen molar-refractivity contribution in [2.75, 3.05) is 0 Å². The van der Waals surface area contributed by atoms with Crippen LogP contribution in [0.1, 0.15) is 6.42 Å². The van der Waals surface area contributed by atoms with Crippen LogP contribution in [0.5, 0.6) is 0 Å². The van der Waals surface area contributed by atoms with Crippen LogP contribution in [0.4, 0.5) is 0 Å². The summed E-state index contributed by atoms with van der Waals surface area (Å²) >= 11 is 0. The van der Waals surface area contributed by atoms with Crippen molar-refractivity contribution in [3.63, 3.8) is 0 Å². The first kappa shape index (κ1) is 15.7. The molecule has 1 rings (SSSR count). The Morgan fingerprint density at radius 1 is 0.875 bits per heavy atom. The van der Waals surface area contributed by atoms with Crippen molar-refractivity contribution in [1.82, 2.24) is 0 Å². The molecule has 3 heteroatoms. The van der Waals surface area contributed by atoms with Crippen LogP contribution < -0.4 is 0 Å². The average Bonchev–Trinajstić information content (AvgIpc) is 1.76. The molecule has 0 unspecified atom stereocenters. The zero-order valence-electron chi connectivity index (χ0n) is 4.33. The molecule has 0 atom stereocenters. The van der Waals surface area contributed by atoms with E-state index in [1.807, 2.05) is 0 Å². The molecule has 0 aliphatic heterocycles. The smallest absolute Gasteiger partial charge is 2.00 e. The van der Waals surface area contributed by atoms with Crippen LogP contribution in [0.15, 0.2) is 24.3 Å². The predicted molar refractivity (Wildman–Crippen MR) is 24.3 cm³/mol. The van der Waals surface area contributed by atoms with Gasteiger partial charge in [-0.15, -0.1) is 0 Å². The Morgan fingerprint density at radius 3 is 1.38 bits per heavy atom. The average molecular weight is 146 g/mol. The molecule has 2 nitrogen and oxygen atoms in total. The fourth-order valence-electron chi connectivity index (χ4n) is 0.393. The molecule has 0 heterocycles. The van der Waals surface area contributed by atoms with Crippen LogP contribution in [0.2, 0.25) is 0 Å². The summed E-state index contributed by atoms with van der Waals surface area (Å²) in [6, 6.07) is 0. The number of rotatable bonds is 0. The quantitative estimate of drug-likeness (QED) is 0.462. The molecule has 0 amide bonds. The van der Waals surface area contributed by atoms with Gasteiger partial charge in [0.15, 0.2) is 0 Å². The van der Waals surface area contributed by atoms with E-state index in [-0.39, 0.29) is 32.7 Å². The second kappa shape index (κ2) is 10.2. The fraction of sp³-hybridized carbons (Fsp3) is 0.200. The van der Waals surface area contributed by atoms with Gasteiger partial charge in [0.25, 0.3) is 0 Å².